The third-order valence-electron chi connectivity index (χ3n) is 11.8. The number of fused-ring (bicyclic) bond motifs is 5. The van der Waals surface area contributed by atoms with Crippen molar-refractivity contribution in [2.24, 2.45) is 7.05 Å². The Kier molecular flexibility index (Phi) is 10.1. The molecule has 2 aromatic heterocycles. The maximum atomic E-state index is 14.4. The van der Waals surface area contributed by atoms with Crippen molar-refractivity contribution in [3.05, 3.63) is 70.5 Å². The first-order valence-electron chi connectivity index (χ1n) is 19.5. The van der Waals surface area contributed by atoms with Crippen LogP contribution in [0, 0.1) is 0 Å². The number of morpholine rings is 1. The first-order valence-corrected chi connectivity index (χ1v) is 20.9. The van der Waals surface area contributed by atoms with E-state index in [0.29, 0.717) is 18.0 Å². The van der Waals surface area contributed by atoms with E-state index in [1.54, 1.807) is 24.1 Å². The van der Waals surface area contributed by atoms with Gasteiger partial charge >= 0.3 is 10.2 Å². The highest BCUT2D eigenvalue weighted by Crippen LogP contribution is 2.48. The minimum absolute atomic E-state index is 0.00554. The predicted molar refractivity (Wildman–Crippen MR) is 209 cm³/mol. The Bertz CT molecular complexity index is 2230. The standard InChI is InChI=1S/C41H50N6O6S/c1-4-9-31-12-8-17-46(31)41(49)35-25-42-44(2)38(35)30-22-29-23-32(52-3)14-16-33(29)39-37(27-10-6-5-7-11-27)34-15-13-28(24-36(34)47(39)26-30)40(48)43-54(50,51)45-18-20-53-21-19-45/h13-16,22-25,27,31H,4-12,17-21,26H2,1-3H3,(H,43,48). The molecule has 1 N–H and O–H groups in total. The molecule has 4 aromatic rings. The lowest BCUT2D eigenvalue weighted by Crippen LogP contribution is -2.48. The highest BCUT2D eigenvalue weighted by atomic mass is 32.2. The molecule has 1 aliphatic carbocycles. The van der Waals surface area contributed by atoms with Crippen LogP contribution in [0.5, 0.6) is 5.75 Å². The number of nitrogens with one attached hydrogen (secondary N) is 1. The van der Waals surface area contributed by atoms with Crippen LogP contribution in [0.1, 0.15) is 108 Å². The number of rotatable bonds is 9. The number of aromatic nitrogens is 3. The van der Waals surface area contributed by atoms with Crippen LogP contribution >= 0.6 is 0 Å². The molecule has 2 amide bonds. The molecule has 1 atom stereocenters. The molecule has 0 bridgehead atoms. The summed E-state index contributed by atoms with van der Waals surface area (Å²) in [5.41, 5.74) is 7.70. The summed E-state index contributed by atoms with van der Waals surface area (Å²) in [7, 11) is -0.503. The fourth-order valence-electron chi connectivity index (χ4n) is 9.22. The van der Waals surface area contributed by atoms with E-state index in [9.17, 15) is 18.0 Å². The van der Waals surface area contributed by atoms with Crippen LogP contribution in [0.25, 0.3) is 33.8 Å². The van der Waals surface area contributed by atoms with Gasteiger partial charge in [0.15, 0.2) is 0 Å². The van der Waals surface area contributed by atoms with Gasteiger partial charge in [-0.3, -0.25) is 14.3 Å². The monoisotopic (exact) mass is 754 g/mol. The second kappa shape index (κ2) is 15.0. The largest absolute Gasteiger partial charge is 0.497 e. The Hall–Kier alpha value is -4.46. The molecule has 3 aliphatic heterocycles. The molecule has 4 aliphatic rings. The molecule has 2 aromatic carbocycles. The Balaban J connectivity index is 1.29. The average molecular weight is 755 g/mol. The molecule has 3 fully saturated rings. The number of ether oxygens (including phenoxy) is 2. The number of nitrogens with zero attached hydrogens (tertiary/aromatic N) is 5. The van der Waals surface area contributed by atoms with Crippen molar-refractivity contribution in [1.82, 2.24) is 28.3 Å². The number of benzene rings is 2. The second-order valence-electron chi connectivity index (χ2n) is 15.1. The normalized spacial score (nSPS) is 19.6. The summed E-state index contributed by atoms with van der Waals surface area (Å²) in [6.07, 6.45) is 13.5. The van der Waals surface area contributed by atoms with E-state index in [4.69, 9.17) is 9.47 Å². The summed E-state index contributed by atoms with van der Waals surface area (Å²) in [6.45, 7) is 4.25. The van der Waals surface area contributed by atoms with Crippen LogP contribution in [0.4, 0.5) is 0 Å². The van der Waals surface area contributed by atoms with Crippen LogP contribution in [-0.4, -0.2) is 89.8 Å². The highest BCUT2D eigenvalue weighted by Gasteiger charge is 2.35. The number of carbonyl (C=O) groups is 2. The summed E-state index contributed by atoms with van der Waals surface area (Å²) in [4.78, 5) is 30.1. The van der Waals surface area contributed by atoms with E-state index in [1.807, 2.05) is 30.1 Å². The molecule has 13 heteroatoms. The van der Waals surface area contributed by atoms with E-state index in [0.717, 1.165) is 103 Å². The fraction of sp³-hybridized carbons (Fsp3) is 0.488. The quantitative estimate of drug-likeness (QED) is 0.211. The summed E-state index contributed by atoms with van der Waals surface area (Å²) >= 11 is 0. The van der Waals surface area contributed by atoms with Gasteiger partial charge in [0.05, 0.1) is 50.0 Å². The van der Waals surface area contributed by atoms with Crippen LogP contribution in [0.3, 0.4) is 0 Å². The molecule has 12 nitrogen and oxygen atoms in total. The first-order chi connectivity index (χ1) is 26.2. The minimum atomic E-state index is -4.06. The van der Waals surface area contributed by atoms with Crippen molar-refractivity contribution in [3.63, 3.8) is 0 Å². The van der Waals surface area contributed by atoms with Gasteiger partial charge in [0.2, 0.25) is 0 Å². The number of amides is 2. The average Bonchev–Trinajstić information content (AvgIpc) is 3.87. The lowest BCUT2D eigenvalue weighted by Gasteiger charge is -2.25. The minimum Gasteiger partial charge on any atom is -0.497 e. The van der Waals surface area contributed by atoms with E-state index in [1.165, 1.54) is 16.3 Å². The van der Waals surface area contributed by atoms with Crippen molar-refractivity contribution in [2.75, 3.05) is 40.0 Å². The number of carbonyl (C=O) groups excluding carboxylic acids is 2. The summed E-state index contributed by atoms with van der Waals surface area (Å²) in [5, 5.41) is 5.70. The van der Waals surface area contributed by atoms with Gasteiger partial charge in [0.25, 0.3) is 11.8 Å². The summed E-state index contributed by atoms with van der Waals surface area (Å²) in [6, 6.07) is 11.9. The van der Waals surface area contributed by atoms with E-state index in [2.05, 4.69) is 39.5 Å². The number of methoxy groups -OCH3 is 1. The summed E-state index contributed by atoms with van der Waals surface area (Å²) < 4.78 is 45.2. The molecule has 0 spiro atoms. The van der Waals surface area contributed by atoms with Crippen LogP contribution in [0.15, 0.2) is 42.6 Å². The van der Waals surface area contributed by atoms with Crippen molar-refractivity contribution in [3.8, 4) is 17.0 Å². The lowest BCUT2D eigenvalue weighted by molar-refractivity contribution is 0.0719. The lowest BCUT2D eigenvalue weighted by atomic mass is 9.81. The van der Waals surface area contributed by atoms with Crippen molar-refractivity contribution < 1.29 is 27.5 Å². The maximum Gasteiger partial charge on any atom is 0.304 e. The molecule has 1 saturated carbocycles. The Labute approximate surface area is 317 Å². The van der Waals surface area contributed by atoms with Gasteiger partial charge in [-0.2, -0.15) is 17.8 Å². The van der Waals surface area contributed by atoms with Gasteiger partial charge in [-0.05, 0) is 91.1 Å². The predicted octanol–water partition coefficient (Wildman–Crippen LogP) is 6.36. The Morgan fingerprint density at radius 2 is 1.78 bits per heavy atom. The van der Waals surface area contributed by atoms with Crippen LogP contribution in [-0.2, 0) is 28.5 Å². The molecule has 5 heterocycles. The topological polar surface area (TPSA) is 128 Å². The van der Waals surface area contributed by atoms with E-state index < -0.39 is 16.1 Å². The number of hydrogen-bond donors (Lipinski definition) is 1. The van der Waals surface area contributed by atoms with Crippen molar-refractivity contribution >= 4 is 44.6 Å². The molecular formula is C41H50N6O6S. The van der Waals surface area contributed by atoms with E-state index in [-0.39, 0.29) is 43.8 Å². The molecule has 1 unspecified atom stereocenters. The fourth-order valence-corrected chi connectivity index (χ4v) is 10.3. The zero-order valence-corrected chi connectivity index (χ0v) is 32.3. The number of hydrogen-bond acceptors (Lipinski definition) is 7. The number of allylic oxidation sites excluding steroid dienone is 1. The third kappa shape index (κ3) is 6.64. The zero-order chi connectivity index (χ0) is 37.6. The smallest absolute Gasteiger partial charge is 0.304 e. The second-order valence-corrected chi connectivity index (χ2v) is 16.8. The third-order valence-corrected chi connectivity index (χ3v) is 13.3. The Morgan fingerprint density at radius 3 is 2.54 bits per heavy atom. The molecular weight excluding hydrogens is 705 g/mol. The molecule has 8 rings (SSSR count). The van der Waals surface area contributed by atoms with Crippen molar-refractivity contribution in [2.45, 2.75) is 83.2 Å². The van der Waals surface area contributed by atoms with Crippen molar-refractivity contribution in [1.29, 1.82) is 0 Å². The van der Waals surface area contributed by atoms with Gasteiger partial charge in [0.1, 0.15) is 5.75 Å². The SMILES string of the molecule is CCCC1CCCN1C(=O)c1cnn(C)c1C1=Cc2cc(OC)ccc2-c2c(C3CCCCC3)c3ccc(C(=O)NS(=O)(=O)N4CCOCC4)cc3n2C1. The van der Waals surface area contributed by atoms with Crippen LogP contribution in [0.2, 0.25) is 0 Å². The first kappa shape index (κ1) is 36.5. The van der Waals surface area contributed by atoms with E-state index >= 15 is 0 Å². The molecule has 2 saturated heterocycles. The van der Waals surface area contributed by atoms with Gasteiger partial charge < -0.3 is 18.9 Å². The molecule has 0 radical (unpaired) electrons. The van der Waals surface area contributed by atoms with Crippen LogP contribution < -0.4 is 9.46 Å². The zero-order valence-electron chi connectivity index (χ0n) is 31.5. The van der Waals surface area contributed by atoms with Gasteiger partial charge in [-0.1, -0.05) is 38.7 Å². The van der Waals surface area contributed by atoms with Gasteiger partial charge in [-0.25, -0.2) is 4.72 Å². The number of likely N-dealkylation sites (tertiary alicyclic amines) is 1. The Morgan fingerprint density at radius 1 is 0.981 bits per heavy atom. The summed E-state index contributed by atoms with van der Waals surface area (Å²) in [5.74, 6) is 0.370. The highest BCUT2D eigenvalue weighted by molar-refractivity contribution is 7.87. The maximum absolute atomic E-state index is 14.4. The number of aryl methyl sites for hydroxylation is 1. The molecule has 286 valence electrons. The molecule has 54 heavy (non-hydrogen) atoms. The van der Waals surface area contributed by atoms with Gasteiger partial charge in [0, 0.05) is 54.8 Å². The van der Waals surface area contributed by atoms with Gasteiger partial charge in [-0.15, -0.1) is 0 Å².